The van der Waals surface area contributed by atoms with Gasteiger partial charge in [0.2, 0.25) is 0 Å². The lowest BCUT2D eigenvalue weighted by atomic mass is 9.75. The first-order valence-electron chi connectivity index (χ1n) is 6.89. The molecule has 104 valence electrons. The third kappa shape index (κ3) is 3.46. The summed E-state index contributed by atoms with van der Waals surface area (Å²) in [5.41, 5.74) is 2.17. The Balaban J connectivity index is 2.10. The number of benzene rings is 1. The van der Waals surface area contributed by atoms with Crippen molar-refractivity contribution >= 4 is 11.4 Å². The Morgan fingerprint density at radius 2 is 1.95 bits per heavy atom. The van der Waals surface area contributed by atoms with Crippen LogP contribution in [0.15, 0.2) is 18.2 Å². The van der Waals surface area contributed by atoms with Crippen LogP contribution in [0.4, 0.5) is 11.4 Å². The van der Waals surface area contributed by atoms with E-state index in [1.807, 2.05) is 19.1 Å². The van der Waals surface area contributed by atoms with Gasteiger partial charge in [-0.15, -0.1) is 0 Å². The van der Waals surface area contributed by atoms with Gasteiger partial charge < -0.3 is 5.32 Å². The summed E-state index contributed by atoms with van der Waals surface area (Å²) in [6.45, 7) is 6.45. The Morgan fingerprint density at radius 1 is 1.32 bits per heavy atom. The SMILES string of the molecule is Cc1ccc(NC2CCC(C)(C)CC2)c([N+](=O)[O-])c1. The van der Waals surface area contributed by atoms with Crippen molar-refractivity contribution in [3.8, 4) is 0 Å². The molecule has 4 heteroatoms. The molecule has 0 radical (unpaired) electrons. The number of rotatable bonds is 3. The van der Waals surface area contributed by atoms with Crippen molar-refractivity contribution in [2.24, 2.45) is 5.41 Å². The fraction of sp³-hybridized carbons (Fsp3) is 0.600. The molecule has 1 aromatic carbocycles. The second-order valence-corrected chi connectivity index (χ2v) is 6.36. The molecule has 0 spiro atoms. The van der Waals surface area contributed by atoms with Gasteiger partial charge in [0.05, 0.1) is 4.92 Å². The maximum absolute atomic E-state index is 11.1. The summed E-state index contributed by atoms with van der Waals surface area (Å²) < 4.78 is 0. The Morgan fingerprint density at radius 3 is 2.53 bits per heavy atom. The largest absolute Gasteiger partial charge is 0.377 e. The zero-order valence-corrected chi connectivity index (χ0v) is 11.9. The average Bonchev–Trinajstić information content (AvgIpc) is 2.33. The van der Waals surface area contributed by atoms with Crippen LogP contribution in [0.1, 0.15) is 45.1 Å². The van der Waals surface area contributed by atoms with Gasteiger partial charge in [-0.25, -0.2) is 0 Å². The molecule has 19 heavy (non-hydrogen) atoms. The molecule has 0 atom stereocenters. The minimum atomic E-state index is -0.303. The predicted molar refractivity (Wildman–Crippen MR) is 77.5 cm³/mol. The molecule has 0 heterocycles. The molecule has 0 amide bonds. The average molecular weight is 262 g/mol. The highest BCUT2D eigenvalue weighted by Gasteiger charge is 2.27. The lowest BCUT2D eigenvalue weighted by Crippen LogP contribution is -2.30. The van der Waals surface area contributed by atoms with E-state index in [0.29, 0.717) is 17.1 Å². The highest BCUT2D eigenvalue weighted by atomic mass is 16.6. The number of nitrogens with zero attached hydrogens (tertiary/aromatic N) is 1. The van der Waals surface area contributed by atoms with Crippen molar-refractivity contribution in [2.75, 3.05) is 5.32 Å². The number of nitro benzene ring substituents is 1. The van der Waals surface area contributed by atoms with E-state index in [2.05, 4.69) is 19.2 Å². The highest BCUT2D eigenvalue weighted by molar-refractivity contribution is 5.63. The van der Waals surface area contributed by atoms with Gasteiger partial charge in [0.15, 0.2) is 0 Å². The lowest BCUT2D eigenvalue weighted by Gasteiger charge is -2.35. The van der Waals surface area contributed by atoms with Crippen molar-refractivity contribution in [1.29, 1.82) is 0 Å². The van der Waals surface area contributed by atoms with Crippen LogP contribution in [0.2, 0.25) is 0 Å². The first kappa shape index (κ1) is 13.8. The number of nitro groups is 1. The molecule has 4 nitrogen and oxygen atoms in total. The van der Waals surface area contributed by atoms with Crippen LogP contribution in [-0.4, -0.2) is 11.0 Å². The molecule has 0 bridgehead atoms. The normalized spacial score (nSPS) is 19.1. The Hall–Kier alpha value is -1.58. The van der Waals surface area contributed by atoms with Crippen molar-refractivity contribution < 1.29 is 4.92 Å². The van der Waals surface area contributed by atoms with Crippen LogP contribution < -0.4 is 5.32 Å². The summed E-state index contributed by atoms with van der Waals surface area (Å²) in [4.78, 5) is 10.8. The molecular formula is C15H22N2O2. The number of anilines is 1. The lowest BCUT2D eigenvalue weighted by molar-refractivity contribution is -0.384. The molecule has 1 aliphatic rings. The molecule has 0 aliphatic heterocycles. The van der Waals surface area contributed by atoms with Crippen LogP contribution in [0.25, 0.3) is 0 Å². The molecule has 0 saturated heterocycles. The molecule has 0 unspecified atom stereocenters. The van der Waals surface area contributed by atoms with Gasteiger partial charge >= 0.3 is 0 Å². The number of aryl methyl sites for hydroxylation is 1. The first-order valence-corrected chi connectivity index (χ1v) is 6.89. The van der Waals surface area contributed by atoms with Gasteiger partial charge in [-0.2, -0.15) is 0 Å². The van der Waals surface area contributed by atoms with E-state index in [1.165, 1.54) is 12.8 Å². The van der Waals surface area contributed by atoms with E-state index in [9.17, 15) is 10.1 Å². The maximum Gasteiger partial charge on any atom is 0.292 e. The summed E-state index contributed by atoms with van der Waals surface area (Å²) in [6, 6.07) is 5.74. The van der Waals surface area contributed by atoms with Gasteiger partial charge in [0.25, 0.3) is 5.69 Å². The molecule has 0 aromatic heterocycles. The standard InChI is InChI=1S/C15H22N2O2/c1-11-4-5-13(14(10-11)17(18)19)16-12-6-8-15(2,3)9-7-12/h4-5,10,12,16H,6-9H2,1-3H3. The van der Waals surface area contributed by atoms with E-state index in [4.69, 9.17) is 0 Å². The van der Waals surface area contributed by atoms with E-state index in [0.717, 1.165) is 18.4 Å². The van der Waals surface area contributed by atoms with E-state index >= 15 is 0 Å². The fourth-order valence-electron chi connectivity index (χ4n) is 2.68. The summed E-state index contributed by atoms with van der Waals surface area (Å²) in [6.07, 6.45) is 4.50. The van der Waals surface area contributed by atoms with Gasteiger partial charge in [-0.05, 0) is 49.7 Å². The van der Waals surface area contributed by atoms with Crippen molar-refractivity contribution in [1.82, 2.24) is 0 Å². The third-order valence-electron chi connectivity index (χ3n) is 4.05. The van der Waals surface area contributed by atoms with E-state index < -0.39 is 0 Å². The zero-order valence-electron chi connectivity index (χ0n) is 11.9. The van der Waals surface area contributed by atoms with Crippen molar-refractivity contribution in [3.63, 3.8) is 0 Å². The zero-order chi connectivity index (χ0) is 14.0. The molecule has 1 aromatic rings. The quantitative estimate of drug-likeness (QED) is 0.653. The summed E-state index contributed by atoms with van der Waals surface area (Å²) in [7, 11) is 0. The van der Waals surface area contributed by atoms with E-state index in [1.54, 1.807) is 6.07 Å². The second-order valence-electron chi connectivity index (χ2n) is 6.36. The van der Waals surface area contributed by atoms with Crippen LogP contribution in [0.3, 0.4) is 0 Å². The third-order valence-corrected chi connectivity index (χ3v) is 4.05. The van der Waals surface area contributed by atoms with Gasteiger partial charge in [0.1, 0.15) is 5.69 Å². The van der Waals surface area contributed by atoms with Crippen molar-refractivity contribution in [2.45, 2.75) is 52.5 Å². The molecule has 2 rings (SSSR count). The van der Waals surface area contributed by atoms with Crippen LogP contribution in [0, 0.1) is 22.5 Å². The molecular weight excluding hydrogens is 240 g/mol. The molecule has 1 N–H and O–H groups in total. The molecule has 1 saturated carbocycles. The predicted octanol–water partition coefficient (Wildman–Crippen LogP) is 4.28. The Labute approximate surface area is 114 Å². The fourth-order valence-corrected chi connectivity index (χ4v) is 2.68. The van der Waals surface area contributed by atoms with Crippen LogP contribution >= 0.6 is 0 Å². The minimum absolute atomic E-state index is 0.185. The van der Waals surface area contributed by atoms with Crippen molar-refractivity contribution in [3.05, 3.63) is 33.9 Å². The summed E-state index contributed by atoms with van der Waals surface area (Å²) in [5.74, 6) is 0. The number of hydrogen-bond donors (Lipinski definition) is 1. The van der Waals surface area contributed by atoms with Gasteiger partial charge in [0, 0.05) is 12.1 Å². The monoisotopic (exact) mass is 262 g/mol. The number of hydrogen-bond acceptors (Lipinski definition) is 3. The minimum Gasteiger partial charge on any atom is -0.377 e. The molecule has 1 aliphatic carbocycles. The topological polar surface area (TPSA) is 55.2 Å². The van der Waals surface area contributed by atoms with E-state index in [-0.39, 0.29) is 10.6 Å². The van der Waals surface area contributed by atoms with Gasteiger partial charge in [-0.1, -0.05) is 19.9 Å². The summed E-state index contributed by atoms with van der Waals surface area (Å²) >= 11 is 0. The molecule has 1 fully saturated rings. The maximum atomic E-state index is 11.1. The Kier molecular flexibility index (Phi) is 3.78. The van der Waals surface area contributed by atoms with Gasteiger partial charge in [-0.3, -0.25) is 10.1 Å². The summed E-state index contributed by atoms with van der Waals surface area (Å²) in [5, 5.41) is 14.4. The smallest absolute Gasteiger partial charge is 0.292 e. The Bertz CT molecular complexity index is 473. The van der Waals surface area contributed by atoms with Crippen LogP contribution in [0.5, 0.6) is 0 Å². The second kappa shape index (κ2) is 5.19. The first-order chi connectivity index (χ1) is 8.87. The highest BCUT2D eigenvalue weighted by Crippen LogP contribution is 2.37. The van der Waals surface area contributed by atoms with Crippen LogP contribution in [-0.2, 0) is 0 Å². The number of nitrogens with one attached hydrogen (secondary N) is 1.